The number of benzene rings is 18. The summed E-state index contributed by atoms with van der Waals surface area (Å²) in [5.74, 6) is 1.41. The lowest BCUT2D eigenvalue weighted by atomic mass is 9.67. The van der Waals surface area contributed by atoms with Gasteiger partial charge in [0.25, 0.3) is 0 Å². The third-order valence-corrected chi connectivity index (χ3v) is 28.2. The van der Waals surface area contributed by atoms with Crippen molar-refractivity contribution in [3.05, 3.63) is 522 Å². The third-order valence-electron chi connectivity index (χ3n) is 27.8. The Bertz CT molecular complexity index is 8140. The molecule has 1 fully saturated rings. The van der Waals surface area contributed by atoms with Crippen LogP contribution in [0.1, 0.15) is 72.2 Å². The molecule has 1 saturated heterocycles. The second-order valence-corrected chi connectivity index (χ2v) is 36.9. The van der Waals surface area contributed by atoms with E-state index in [2.05, 4.69) is 455 Å². The Balaban J connectivity index is 0.000000125. The lowest BCUT2D eigenvalue weighted by molar-refractivity contribution is 0.00578. The minimum atomic E-state index is -0.492. The predicted molar refractivity (Wildman–Crippen MR) is 563 cm³/mol. The van der Waals surface area contributed by atoms with Gasteiger partial charge in [0.05, 0.1) is 61.5 Å². The SMILES string of the molecule is Brc1cc(-c2ccc(-c3ccccc3)cc2)nc(-c2ccccc2)n1.CC1(C)OB(c2ccc(-c3nc4ccccc4c4c5c(ccc34)C(c3ccccc3)(c3ccccc3)c3ccccc3-5)cc2)OC1(C)C.c1ccc(-c2ccc(-c3cc(-c4ccc(-c5nc6ccccc6c6c7c(ccc56)C(c5ccccc5)(c5ccccc5)c5ccccc5-7)cc4)nc(-c4ccccc4)n3)cc2)cc1. The van der Waals surface area contributed by atoms with Crippen LogP contribution < -0.4 is 5.46 Å². The van der Waals surface area contributed by atoms with E-state index < -0.39 is 29.2 Å². The van der Waals surface area contributed by atoms with Gasteiger partial charge in [-0.3, -0.25) is 0 Å². The fourth-order valence-electron chi connectivity index (χ4n) is 20.6. The van der Waals surface area contributed by atoms with Crippen molar-refractivity contribution in [1.82, 2.24) is 29.9 Å². The van der Waals surface area contributed by atoms with Crippen LogP contribution in [-0.4, -0.2) is 48.2 Å². The van der Waals surface area contributed by atoms with Crippen LogP contribution in [0.2, 0.25) is 0 Å². The average molecular weight is 1810 g/mol. The third kappa shape index (κ3) is 14.9. The first-order valence-corrected chi connectivity index (χ1v) is 47.2. The van der Waals surface area contributed by atoms with E-state index in [9.17, 15) is 0 Å². The highest BCUT2D eigenvalue weighted by molar-refractivity contribution is 9.10. The predicted octanol–water partition coefficient (Wildman–Crippen LogP) is 30.8. The number of nitrogens with zero attached hydrogens (tertiary/aromatic N) is 6. The minimum absolute atomic E-state index is 0.391. The Labute approximate surface area is 800 Å². The van der Waals surface area contributed by atoms with Gasteiger partial charge in [0.1, 0.15) is 4.60 Å². The normalized spacial score (nSPS) is 13.8. The standard InChI is InChI=1S/C60H39N3.C44H36BNO2.C22H15BrN2/c1-5-17-40(18-6-1)41-29-31-42(32-30-41)54-39-55(63-59(62-54)45-19-7-2-8-20-45)43-33-35-44(36-34-43)58-50-37-38-52-57(56(50)49-26-14-16-28-53(49)61-58)48-25-13-15-27-51(48)60(52,46-21-9-3-10-22-46)47-23-11-4-12-24-47;1-42(2)43(3,4)48-45(47-42)32-25-23-29(24-26-32)41-35-27-28-37-40(39(35)34-20-12-14-22-38(34)46-41)33-19-11-13-21-36(33)44(37,30-15-7-5-8-16-30)31-17-9-6-10-18-31;23-21-15-20(24-22(25-21)19-9-5-2-6-10-19)18-13-11-17(12-14-18)16-7-3-1-4-8-16/h1-39H;5-28H,1-4H3;1-15H. The van der Waals surface area contributed by atoms with Gasteiger partial charge in [0, 0.05) is 71.3 Å². The summed E-state index contributed by atoms with van der Waals surface area (Å²) >= 11 is 3.51. The zero-order valence-electron chi connectivity index (χ0n) is 75.5. The van der Waals surface area contributed by atoms with E-state index in [0.29, 0.717) is 5.82 Å². The Morgan fingerprint density at radius 1 is 0.228 bits per heavy atom. The highest BCUT2D eigenvalue weighted by Crippen LogP contribution is 2.61. The van der Waals surface area contributed by atoms with Gasteiger partial charge in [-0.25, -0.2) is 29.9 Å². The summed E-state index contributed by atoms with van der Waals surface area (Å²) in [6.07, 6.45) is 0. The van der Waals surface area contributed by atoms with Crippen LogP contribution in [0.3, 0.4) is 0 Å². The zero-order chi connectivity index (χ0) is 91.5. The van der Waals surface area contributed by atoms with Gasteiger partial charge >= 0.3 is 7.12 Å². The minimum Gasteiger partial charge on any atom is -0.399 e. The van der Waals surface area contributed by atoms with Crippen LogP contribution in [-0.2, 0) is 20.1 Å². The molecule has 0 saturated carbocycles. The maximum atomic E-state index is 6.36. The van der Waals surface area contributed by atoms with Crippen LogP contribution in [0.25, 0.3) is 167 Å². The van der Waals surface area contributed by atoms with Crippen molar-refractivity contribution in [2.75, 3.05) is 0 Å². The molecular weight excluding hydrogens is 1720 g/mol. The highest BCUT2D eigenvalue weighted by Gasteiger charge is 2.53. The molecule has 2 aliphatic carbocycles. The summed E-state index contributed by atoms with van der Waals surface area (Å²) in [6.45, 7) is 8.36. The van der Waals surface area contributed by atoms with Crippen molar-refractivity contribution in [2.45, 2.75) is 49.7 Å². The van der Waals surface area contributed by atoms with Crippen LogP contribution in [0.5, 0.6) is 0 Å². The van der Waals surface area contributed by atoms with E-state index in [-0.39, 0.29) is 0 Å². The second-order valence-electron chi connectivity index (χ2n) is 36.1. The Kier molecular flexibility index (Phi) is 21.8. The van der Waals surface area contributed by atoms with Gasteiger partial charge in [-0.1, -0.05) is 449 Å². The number of hydrogen-bond donors (Lipinski definition) is 0. The molecule has 10 heteroatoms. The first kappa shape index (κ1) is 84.2. The van der Waals surface area contributed by atoms with Crippen molar-refractivity contribution in [3.8, 4) is 124 Å². The molecule has 0 radical (unpaired) electrons. The van der Waals surface area contributed by atoms with Gasteiger partial charge in [-0.2, -0.15) is 0 Å². The summed E-state index contributed by atoms with van der Waals surface area (Å²) in [5.41, 5.74) is 33.1. The van der Waals surface area contributed by atoms with Crippen LogP contribution >= 0.6 is 15.9 Å². The van der Waals surface area contributed by atoms with Gasteiger partial charge in [-0.15, -0.1) is 0 Å². The number of halogens is 1. The summed E-state index contributed by atoms with van der Waals surface area (Å²) in [5, 5.41) is 7.04. The molecule has 18 aromatic carbocycles. The molecule has 1 aliphatic heterocycles. The van der Waals surface area contributed by atoms with E-state index in [1.165, 1.54) is 99.8 Å². The summed E-state index contributed by atoms with van der Waals surface area (Å²) in [7, 11) is -0.408. The molecular formula is C126H90BBrN6O2. The molecule has 0 bridgehead atoms. The molecule has 0 spiro atoms. The van der Waals surface area contributed by atoms with Crippen molar-refractivity contribution in [2.24, 2.45) is 0 Å². The fraction of sp³-hybridized carbons (Fsp3) is 0.0635. The molecule has 5 heterocycles. The maximum absolute atomic E-state index is 6.36. The number of aromatic nitrogens is 6. The highest BCUT2D eigenvalue weighted by atomic mass is 79.9. The van der Waals surface area contributed by atoms with Crippen molar-refractivity contribution >= 4 is 71.9 Å². The number of pyridine rings is 2. The second kappa shape index (κ2) is 35.1. The first-order chi connectivity index (χ1) is 66.8. The molecule has 0 unspecified atom stereocenters. The lowest BCUT2D eigenvalue weighted by Gasteiger charge is -2.34. The molecule has 4 aromatic heterocycles. The molecule has 22 aromatic rings. The average Bonchev–Trinajstić information content (AvgIpc) is 1.55. The van der Waals surface area contributed by atoms with Crippen molar-refractivity contribution in [3.63, 3.8) is 0 Å². The van der Waals surface area contributed by atoms with Gasteiger partial charge in [-0.05, 0) is 162 Å². The van der Waals surface area contributed by atoms with Gasteiger partial charge < -0.3 is 9.31 Å². The zero-order valence-corrected chi connectivity index (χ0v) is 77.1. The Morgan fingerprint density at radius 3 is 0.890 bits per heavy atom. The Hall–Kier alpha value is -16.1. The molecule has 136 heavy (non-hydrogen) atoms. The molecule has 3 aliphatic rings. The lowest BCUT2D eigenvalue weighted by Crippen LogP contribution is -2.41. The fourth-order valence-corrected chi connectivity index (χ4v) is 21.0. The topological polar surface area (TPSA) is 95.8 Å². The van der Waals surface area contributed by atoms with Crippen LogP contribution in [0.4, 0.5) is 0 Å². The monoisotopic (exact) mass is 1810 g/mol. The number of hydrogen-bond acceptors (Lipinski definition) is 8. The molecule has 646 valence electrons. The summed E-state index contributed by atoms with van der Waals surface area (Å²) in [4.78, 5) is 30.2. The van der Waals surface area contributed by atoms with Crippen LogP contribution in [0.15, 0.2) is 478 Å². The largest absolute Gasteiger partial charge is 0.494 e. The van der Waals surface area contributed by atoms with E-state index >= 15 is 0 Å². The smallest absolute Gasteiger partial charge is 0.399 e. The number of fused-ring (bicyclic) bond motifs is 14. The molecule has 0 N–H and O–H groups in total. The van der Waals surface area contributed by atoms with E-state index in [4.69, 9.17) is 34.2 Å². The van der Waals surface area contributed by atoms with E-state index in [1.54, 1.807) is 0 Å². The molecule has 8 nitrogen and oxygen atoms in total. The first-order valence-electron chi connectivity index (χ1n) is 46.4. The molecule has 0 amide bonds. The van der Waals surface area contributed by atoms with Gasteiger partial charge in [0.15, 0.2) is 11.6 Å². The van der Waals surface area contributed by atoms with E-state index in [0.717, 1.165) is 116 Å². The summed E-state index contributed by atoms with van der Waals surface area (Å²) < 4.78 is 13.5. The summed E-state index contributed by atoms with van der Waals surface area (Å²) in [6, 6.07) is 168. The van der Waals surface area contributed by atoms with Crippen molar-refractivity contribution in [1.29, 1.82) is 0 Å². The number of para-hydroxylation sites is 2. The van der Waals surface area contributed by atoms with E-state index in [1.807, 2.05) is 66.7 Å². The maximum Gasteiger partial charge on any atom is 0.494 e. The van der Waals surface area contributed by atoms with Gasteiger partial charge in [0.2, 0.25) is 0 Å². The van der Waals surface area contributed by atoms with Crippen LogP contribution in [0, 0.1) is 0 Å². The molecule has 0 atom stereocenters. The Morgan fingerprint density at radius 2 is 0.515 bits per heavy atom. The molecule has 25 rings (SSSR count). The number of rotatable bonds is 14. The van der Waals surface area contributed by atoms with Crippen molar-refractivity contribution < 1.29 is 9.31 Å². The quantitative estimate of drug-likeness (QED) is 0.0604.